The maximum Gasteiger partial charge on any atom is 0.416 e. The molecule has 1 atom stereocenters. The summed E-state index contributed by atoms with van der Waals surface area (Å²) in [5.74, 6) is -2.46. The molecular weight excluding hydrogens is 557 g/mol. The van der Waals surface area contributed by atoms with E-state index in [-0.39, 0.29) is 45.8 Å². The second kappa shape index (κ2) is 9.04. The van der Waals surface area contributed by atoms with Crippen LogP contribution < -0.4 is 21.3 Å². The summed E-state index contributed by atoms with van der Waals surface area (Å²) in [4.78, 5) is 27.2. The van der Waals surface area contributed by atoms with Crippen LogP contribution in [0.4, 0.5) is 52.6 Å². The Hall–Kier alpha value is -4.00. The molecule has 2 aliphatic heterocycles. The Kier molecular flexibility index (Phi) is 6.17. The fourth-order valence-corrected chi connectivity index (χ4v) is 5.01. The van der Waals surface area contributed by atoms with Crippen LogP contribution in [0.2, 0.25) is 5.02 Å². The third-order valence-electron chi connectivity index (χ3n) is 6.51. The van der Waals surface area contributed by atoms with Crippen molar-refractivity contribution in [3.05, 3.63) is 86.7 Å². The van der Waals surface area contributed by atoms with Crippen LogP contribution in [-0.4, -0.2) is 18.5 Å². The molecule has 3 amide bonds. The number of hydrogen-bond donors (Lipinski definition) is 3. The maximum atomic E-state index is 14.0. The number of rotatable bonds is 3. The van der Waals surface area contributed by atoms with Gasteiger partial charge in [0, 0.05) is 33.9 Å². The third kappa shape index (κ3) is 4.71. The monoisotopic (exact) mass is 572 g/mol. The van der Waals surface area contributed by atoms with Gasteiger partial charge in [-0.3, -0.25) is 9.69 Å². The van der Waals surface area contributed by atoms with Gasteiger partial charge in [-0.25, -0.2) is 9.18 Å². The van der Waals surface area contributed by atoms with Crippen LogP contribution >= 0.6 is 11.6 Å². The predicted molar refractivity (Wildman–Crippen MR) is 128 cm³/mol. The summed E-state index contributed by atoms with van der Waals surface area (Å²) in [6, 6.07) is 3.15. The maximum absolute atomic E-state index is 14.0. The highest BCUT2D eigenvalue weighted by Gasteiger charge is 2.41. The second-order valence-electron chi connectivity index (χ2n) is 8.95. The molecule has 4 N–H and O–H groups in total. The standard InChI is InChI=1S/C25H16ClF7N4O2/c26-16-2-1-11(24(28,29)30)8-15(16)20-19-18(9-17(34)14-3-4-37(21(14)19)23(39)36-20)35-22(38)10-5-12(25(31,32)33)7-13(27)6-10/h1-2,5-9,20H,3-4,34H2,(H,35,38)(H,36,39). The van der Waals surface area contributed by atoms with Crippen molar-refractivity contribution in [1.82, 2.24) is 5.32 Å². The van der Waals surface area contributed by atoms with Crippen molar-refractivity contribution in [3.8, 4) is 0 Å². The van der Waals surface area contributed by atoms with E-state index in [0.29, 0.717) is 24.1 Å². The van der Waals surface area contributed by atoms with Gasteiger partial charge in [0.05, 0.1) is 28.5 Å². The fourth-order valence-electron chi connectivity index (χ4n) is 4.78. The van der Waals surface area contributed by atoms with E-state index in [0.717, 1.165) is 18.2 Å². The number of hydrogen-bond acceptors (Lipinski definition) is 3. The number of carbonyl (C=O) groups excluding carboxylic acids is 2. The van der Waals surface area contributed by atoms with Crippen molar-refractivity contribution in [2.75, 3.05) is 22.5 Å². The number of amides is 3. The topological polar surface area (TPSA) is 87.5 Å². The Balaban J connectivity index is 1.66. The lowest BCUT2D eigenvalue weighted by Crippen LogP contribution is -2.46. The Bertz CT molecular complexity index is 1540. The smallest absolute Gasteiger partial charge is 0.398 e. The van der Waals surface area contributed by atoms with Crippen molar-refractivity contribution < 1.29 is 40.3 Å². The average molecular weight is 573 g/mol. The van der Waals surface area contributed by atoms with Gasteiger partial charge in [0.1, 0.15) is 5.82 Å². The van der Waals surface area contributed by atoms with Crippen LogP contribution in [0, 0.1) is 5.82 Å². The molecule has 2 aliphatic rings. The largest absolute Gasteiger partial charge is 0.416 e. The van der Waals surface area contributed by atoms with E-state index < -0.39 is 52.8 Å². The number of carbonyl (C=O) groups is 2. The first-order valence-electron chi connectivity index (χ1n) is 11.2. The number of nitrogens with two attached hydrogens (primary N) is 1. The van der Waals surface area contributed by atoms with E-state index in [1.54, 1.807) is 0 Å². The van der Waals surface area contributed by atoms with Gasteiger partial charge in [0.2, 0.25) is 0 Å². The zero-order valence-corrected chi connectivity index (χ0v) is 20.2. The number of anilines is 3. The molecule has 39 heavy (non-hydrogen) atoms. The summed E-state index contributed by atoms with van der Waals surface area (Å²) in [5.41, 5.74) is 3.78. The van der Waals surface area contributed by atoms with Crippen LogP contribution in [-0.2, 0) is 18.8 Å². The Morgan fingerprint density at radius 1 is 1.03 bits per heavy atom. The summed E-state index contributed by atoms with van der Waals surface area (Å²) >= 11 is 6.26. The molecule has 0 spiro atoms. The second-order valence-corrected chi connectivity index (χ2v) is 9.36. The van der Waals surface area contributed by atoms with E-state index in [4.69, 9.17) is 17.3 Å². The molecule has 204 valence electrons. The van der Waals surface area contributed by atoms with Crippen LogP contribution in [0.3, 0.4) is 0 Å². The lowest BCUT2D eigenvalue weighted by molar-refractivity contribution is -0.138. The van der Waals surface area contributed by atoms with Crippen LogP contribution in [0.15, 0.2) is 42.5 Å². The number of urea groups is 1. The molecule has 5 rings (SSSR count). The summed E-state index contributed by atoms with van der Waals surface area (Å²) in [7, 11) is 0. The highest BCUT2D eigenvalue weighted by Crippen LogP contribution is 2.49. The van der Waals surface area contributed by atoms with Gasteiger partial charge in [0.25, 0.3) is 5.91 Å². The zero-order chi connectivity index (χ0) is 28.4. The fraction of sp³-hybridized carbons (Fsp3) is 0.200. The van der Waals surface area contributed by atoms with E-state index in [1.165, 1.54) is 11.0 Å². The number of nitrogen functional groups attached to an aromatic ring is 1. The Morgan fingerprint density at radius 2 is 1.72 bits per heavy atom. The van der Waals surface area contributed by atoms with Crippen LogP contribution in [0.25, 0.3) is 0 Å². The van der Waals surface area contributed by atoms with Crippen molar-refractivity contribution in [2.45, 2.75) is 24.8 Å². The van der Waals surface area contributed by atoms with E-state index >= 15 is 0 Å². The molecule has 0 saturated carbocycles. The summed E-state index contributed by atoms with van der Waals surface area (Å²) in [6.45, 7) is 0.178. The normalized spacial score (nSPS) is 16.7. The van der Waals surface area contributed by atoms with Gasteiger partial charge in [-0.2, -0.15) is 26.3 Å². The van der Waals surface area contributed by atoms with Crippen molar-refractivity contribution in [1.29, 1.82) is 0 Å². The van der Waals surface area contributed by atoms with Gasteiger partial charge < -0.3 is 16.4 Å². The molecule has 3 aromatic rings. The molecule has 0 aromatic heterocycles. The number of nitrogens with zero attached hydrogens (tertiary/aromatic N) is 1. The SMILES string of the molecule is Nc1cc(NC(=O)c2cc(F)cc(C(F)(F)F)c2)c2c3c1CCN3C(=O)NC2c1cc(C(F)(F)F)ccc1Cl. The molecule has 1 unspecified atom stereocenters. The van der Waals surface area contributed by atoms with Gasteiger partial charge in [-0.15, -0.1) is 0 Å². The molecule has 0 radical (unpaired) electrons. The molecule has 3 aromatic carbocycles. The predicted octanol–water partition coefficient (Wildman–Crippen LogP) is 6.53. The highest BCUT2D eigenvalue weighted by atomic mass is 35.5. The zero-order valence-electron chi connectivity index (χ0n) is 19.4. The molecular formula is C25H16ClF7N4O2. The Labute approximate surface area is 220 Å². The van der Waals surface area contributed by atoms with Crippen molar-refractivity contribution in [3.63, 3.8) is 0 Å². The highest BCUT2D eigenvalue weighted by molar-refractivity contribution is 6.31. The number of nitrogens with one attached hydrogen (secondary N) is 2. The lowest BCUT2D eigenvalue weighted by atomic mass is 9.90. The Morgan fingerprint density at radius 3 is 2.38 bits per heavy atom. The molecule has 0 saturated heterocycles. The molecule has 6 nitrogen and oxygen atoms in total. The third-order valence-corrected chi connectivity index (χ3v) is 6.85. The van der Waals surface area contributed by atoms with E-state index in [1.807, 2.05) is 0 Å². The summed E-state index contributed by atoms with van der Waals surface area (Å²) < 4.78 is 94.0. The lowest BCUT2D eigenvalue weighted by Gasteiger charge is -2.35. The number of alkyl halides is 6. The van der Waals surface area contributed by atoms with Gasteiger partial charge >= 0.3 is 18.4 Å². The van der Waals surface area contributed by atoms with Crippen LogP contribution in [0.5, 0.6) is 0 Å². The molecule has 0 fully saturated rings. The average Bonchev–Trinajstić information content (AvgIpc) is 3.28. The van der Waals surface area contributed by atoms with E-state index in [2.05, 4.69) is 10.6 Å². The van der Waals surface area contributed by atoms with Gasteiger partial charge in [-0.1, -0.05) is 11.6 Å². The number of benzene rings is 3. The molecule has 0 aliphatic carbocycles. The van der Waals surface area contributed by atoms with Gasteiger partial charge in [-0.05, 0) is 54.4 Å². The number of halogens is 8. The minimum absolute atomic E-state index is 0.112. The first-order chi connectivity index (χ1) is 18.1. The summed E-state index contributed by atoms with van der Waals surface area (Å²) in [5, 5.41) is 4.86. The summed E-state index contributed by atoms with van der Waals surface area (Å²) in [6.07, 6.45) is -9.37. The van der Waals surface area contributed by atoms with E-state index in [9.17, 15) is 40.3 Å². The van der Waals surface area contributed by atoms with Crippen LogP contribution in [0.1, 0.15) is 44.2 Å². The minimum Gasteiger partial charge on any atom is -0.398 e. The molecule has 0 bridgehead atoms. The van der Waals surface area contributed by atoms with Crippen molar-refractivity contribution in [2.24, 2.45) is 0 Å². The first-order valence-corrected chi connectivity index (χ1v) is 11.6. The van der Waals surface area contributed by atoms with Gasteiger partial charge in [0.15, 0.2) is 0 Å². The molecule has 14 heteroatoms. The molecule has 2 heterocycles. The van der Waals surface area contributed by atoms with Crippen molar-refractivity contribution >= 4 is 40.6 Å². The minimum atomic E-state index is -4.93. The quantitative estimate of drug-likeness (QED) is 0.246. The first kappa shape index (κ1) is 26.6.